The van der Waals surface area contributed by atoms with Crippen LogP contribution in [0, 0.1) is 5.82 Å². The van der Waals surface area contributed by atoms with Crippen LogP contribution in [0.2, 0.25) is 5.02 Å². The smallest absolute Gasteiger partial charge is 0.254 e. The van der Waals surface area contributed by atoms with Gasteiger partial charge >= 0.3 is 0 Å². The Morgan fingerprint density at radius 3 is 2.21 bits per heavy atom. The van der Waals surface area contributed by atoms with Crippen molar-refractivity contribution >= 4 is 34.2 Å². The third-order valence-corrected chi connectivity index (χ3v) is 7.01. The molecule has 0 spiro atoms. The second-order valence-electron chi connectivity index (χ2n) is 8.67. The molecule has 170 valence electrons. The van der Waals surface area contributed by atoms with Crippen molar-refractivity contribution < 1.29 is 14.0 Å². The molecule has 0 aromatic heterocycles. The topological polar surface area (TPSA) is 43.9 Å². The van der Waals surface area contributed by atoms with E-state index in [2.05, 4.69) is 4.90 Å². The maximum atomic E-state index is 14.2. The number of benzene rings is 3. The molecule has 2 amide bonds. The first-order valence-corrected chi connectivity index (χ1v) is 11.6. The van der Waals surface area contributed by atoms with Crippen LogP contribution in [0.5, 0.6) is 0 Å². The number of carbonyl (C=O) groups is 2. The van der Waals surface area contributed by atoms with E-state index >= 15 is 0 Å². The summed E-state index contributed by atoms with van der Waals surface area (Å²) in [5, 5.41) is 1.74. The van der Waals surface area contributed by atoms with Gasteiger partial charge in [0.05, 0.1) is 0 Å². The Morgan fingerprint density at radius 1 is 0.788 bits per heavy atom. The number of nitrogens with zero attached hydrogens (tertiary/aromatic N) is 3. The summed E-state index contributed by atoms with van der Waals surface area (Å²) in [6, 6.07) is 17.4. The van der Waals surface area contributed by atoms with E-state index in [1.165, 1.54) is 6.07 Å². The Balaban J connectivity index is 1.21. The van der Waals surface area contributed by atoms with Crippen LogP contribution in [0.3, 0.4) is 0 Å². The molecule has 5 nitrogen and oxygen atoms in total. The van der Waals surface area contributed by atoms with Gasteiger partial charge in [0.15, 0.2) is 0 Å². The highest BCUT2D eigenvalue weighted by Gasteiger charge is 2.33. The lowest BCUT2D eigenvalue weighted by molar-refractivity contribution is 0.0568. The van der Waals surface area contributed by atoms with Crippen molar-refractivity contribution in [3.8, 4) is 0 Å². The first-order chi connectivity index (χ1) is 16.0. The fourth-order valence-corrected chi connectivity index (χ4v) is 5.03. The van der Waals surface area contributed by atoms with Crippen molar-refractivity contribution in [1.29, 1.82) is 0 Å². The van der Waals surface area contributed by atoms with Crippen LogP contribution >= 0.6 is 11.6 Å². The second-order valence-corrected chi connectivity index (χ2v) is 9.11. The zero-order valence-electron chi connectivity index (χ0n) is 18.2. The molecule has 0 radical (unpaired) electrons. The Bertz CT molecular complexity index is 1190. The number of amides is 2. The van der Waals surface area contributed by atoms with E-state index in [1.54, 1.807) is 48.5 Å². The summed E-state index contributed by atoms with van der Waals surface area (Å²) in [6.45, 7) is 4.22. The monoisotopic (exact) mass is 465 g/mol. The summed E-state index contributed by atoms with van der Waals surface area (Å²) in [5.74, 6) is -0.338. The van der Waals surface area contributed by atoms with E-state index in [9.17, 15) is 14.0 Å². The lowest BCUT2D eigenvalue weighted by atomic mass is 10.0. The van der Waals surface area contributed by atoms with E-state index in [0.717, 1.165) is 19.5 Å². The van der Waals surface area contributed by atoms with Crippen LogP contribution in [0.1, 0.15) is 27.1 Å². The summed E-state index contributed by atoms with van der Waals surface area (Å²) >= 11 is 5.93. The predicted octanol–water partition coefficient (Wildman–Crippen LogP) is 4.30. The summed E-state index contributed by atoms with van der Waals surface area (Å²) < 4.78 is 14.2. The van der Waals surface area contributed by atoms with Gasteiger partial charge in [0, 0.05) is 66.8 Å². The number of hydrogen-bond acceptors (Lipinski definition) is 3. The molecule has 2 heterocycles. The number of fused-ring (bicyclic) bond motifs is 1. The van der Waals surface area contributed by atoms with Crippen LogP contribution < -0.4 is 0 Å². The lowest BCUT2D eigenvalue weighted by Crippen LogP contribution is -2.52. The van der Waals surface area contributed by atoms with Crippen LogP contribution in [0.15, 0.2) is 60.7 Å². The number of carbonyl (C=O) groups excluding carboxylic acids is 2. The van der Waals surface area contributed by atoms with E-state index in [4.69, 9.17) is 11.6 Å². The molecule has 0 bridgehead atoms. The van der Waals surface area contributed by atoms with E-state index in [-0.39, 0.29) is 23.7 Å². The first kappa shape index (κ1) is 21.9. The normalized spacial score (nSPS) is 19.3. The molecule has 0 N–H and O–H groups in total. The fourth-order valence-electron chi connectivity index (χ4n) is 4.91. The largest absolute Gasteiger partial charge is 0.337 e. The molecule has 2 aliphatic rings. The van der Waals surface area contributed by atoms with E-state index in [0.29, 0.717) is 53.1 Å². The summed E-state index contributed by atoms with van der Waals surface area (Å²) in [7, 11) is 0. The van der Waals surface area contributed by atoms with Gasteiger partial charge in [0.2, 0.25) is 0 Å². The van der Waals surface area contributed by atoms with Gasteiger partial charge in [-0.2, -0.15) is 0 Å². The minimum absolute atomic E-state index is 0.0257. The van der Waals surface area contributed by atoms with Gasteiger partial charge in [0.1, 0.15) is 5.82 Å². The molecule has 3 aromatic rings. The highest BCUT2D eigenvalue weighted by atomic mass is 35.5. The molecule has 5 rings (SSSR count). The molecule has 0 aliphatic carbocycles. The molecule has 2 saturated heterocycles. The van der Waals surface area contributed by atoms with Crippen molar-refractivity contribution in [2.45, 2.75) is 12.5 Å². The molecule has 1 unspecified atom stereocenters. The van der Waals surface area contributed by atoms with Gasteiger partial charge in [-0.25, -0.2) is 4.39 Å². The molecule has 2 aliphatic heterocycles. The Kier molecular flexibility index (Phi) is 6.04. The maximum absolute atomic E-state index is 14.2. The standard InChI is InChI=1S/C26H25ClFN3O2/c27-19-7-5-18(6-8-19)25(32)30-15-13-29(14-16-30)20-11-12-31(17-20)26(33)23-9-10-24(28)22-4-2-1-3-21(22)23/h1-10,20H,11-17H2. The third-order valence-electron chi connectivity index (χ3n) is 6.76. The molecular formula is C26H25ClFN3O2. The second kappa shape index (κ2) is 9.12. The van der Waals surface area contributed by atoms with Crippen molar-refractivity contribution in [1.82, 2.24) is 14.7 Å². The Hall–Kier alpha value is -2.96. The summed E-state index contributed by atoms with van der Waals surface area (Å²) in [6.07, 6.45) is 0.899. The minimum atomic E-state index is -0.313. The van der Waals surface area contributed by atoms with E-state index < -0.39 is 0 Å². The zero-order chi connectivity index (χ0) is 22.9. The van der Waals surface area contributed by atoms with Crippen LogP contribution in [0.25, 0.3) is 10.8 Å². The maximum Gasteiger partial charge on any atom is 0.254 e. The van der Waals surface area contributed by atoms with Crippen LogP contribution in [0.4, 0.5) is 4.39 Å². The number of rotatable bonds is 3. The Labute approximate surface area is 197 Å². The van der Waals surface area contributed by atoms with Crippen molar-refractivity contribution in [3.05, 3.63) is 82.6 Å². The molecule has 2 fully saturated rings. The minimum Gasteiger partial charge on any atom is -0.337 e. The van der Waals surface area contributed by atoms with Crippen molar-refractivity contribution in [2.24, 2.45) is 0 Å². The number of hydrogen-bond donors (Lipinski definition) is 0. The van der Waals surface area contributed by atoms with Crippen molar-refractivity contribution in [3.63, 3.8) is 0 Å². The fraction of sp³-hybridized carbons (Fsp3) is 0.308. The summed E-state index contributed by atoms with van der Waals surface area (Å²) in [4.78, 5) is 32.1. The van der Waals surface area contributed by atoms with Gasteiger partial charge in [-0.05, 0) is 48.2 Å². The molecule has 3 aromatic carbocycles. The van der Waals surface area contributed by atoms with Gasteiger partial charge < -0.3 is 9.80 Å². The number of likely N-dealkylation sites (tertiary alicyclic amines) is 1. The lowest BCUT2D eigenvalue weighted by Gasteiger charge is -2.38. The quantitative estimate of drug-likeness (QED) is 0.579. The average molecular weight is 466 g/mol. The molecule has 7 heteroatoms. The third kappa shape index (κ3) is 4.33. The van der Waals surface area contributed by atoms with Gasteiger partial charge in [-0.1, -0.05) is 35.9 Å². The number of halogens is 2. The van der Waals surface area contributed by atoms with E-state index in [1.807, 2.05) is 15.9 Å². The first-order valence-electron chi connectivity index (χ1n) is 11.3. The predicted molar refractivity (Wildman–Crippen MR) is 127 cm³/mol. The molecule has 33 heavy (non-hydrogen) atoms. The molecular weight excluding hydrogens is 441 g/mol. The van der Waals surface area contributed by atoms with Crippen molar-refractivity contribution in [2.75, 3.05) is 39.3 Å². The molecule has 0 saturated carbocycles. The van der Waals surface area contributed by atoms with Gasteiger partial charge in [-0.3, -0.25) is 14.5 Å². The number of piperazine rings is 1. The van der Waals surface area contributed by atoms with Crippen LogP contribution in [-0.4, -0.2) is 71.8 Å². The Morgan fingerprint density at radius 2 is 1.48 bits per heavy atom. The SMILES string of the molecule is O=C(c1ccc(Cl)cc1)N1CCN(C2CCN(C(=O)c3ccc(F)c4ccccc34)C2)CC1. The molecule has 1 atom stereocenters. The summed E-state index contributed by atoms with van der Waals surface area (Å²) in [5.41, 5.74) is 1.20. The van der Waals surface area contributed by atoms with Gasteiger partial charge in [0.25, 0.3) is 11.8 Å². The highest BCUT2D eigenvalue weighted by molar-refractivity contribution is 6.30. The zero-order valence-corrected chi connectivity index (χ0v) is 19.0. The average Bonchev–Trinajstić information content (AvgIpc) is 3.35. The van der Waals surface area contributed by atoms with Gasteiger partial charge in [-0.15, -0.1) is 0 Å². The van der Waals surface area contributed by atoms with Crippen LogP contribution in [-0.2, 0) is 0 Å². The highest BCUT2D eigenvalue weighted by Crippen LogP contribution is 2.26.